The summed E-state index contributed by atoms with van der Waals surface area (Å²) in [5, 5.41) is 2.46. The average Bonchev–Trinajstić information content (AvgIpc) is 2.66. The number of aromatic nitrogens is 1. The maximum absolute atomic E-state index is 13.8. The van der Waals surface area contributed by atoms with Gasteiger partial charge in [0.1, 0.15) is 11.4 Å². The van der Waals surface area contributed by atoms with E-state index < -0.39 is 35.8 Å². The summed E-state index contributed by atoms with van der Waals surface area (Å²) < 4.78 is 43.5. The van der Waals surface area contributed by atoms with Crippen molar-refractivity contribution in [1.29, 1.82) is 0 Å². The number of nitrogens with two attached hydrogens (primary N) is 1. The molecule has 30 heavy (non-hydrogen) atoms. The molecular formula is C19H18ClF3N4O3. The van der Waals surface area contributed by atoms with Gasteiger partial charge in [0.25, 0.3) is 0 Å². The van der Waals surface area contributed by atoms with Crippen LogP contribution in [0.4, 0.5) is 18.0 Å². The number of alkyl halides is 2. The van der Waals surface area contributed by atoms with Gasteiger partial charge in [0.05, 0.1) is 16.6 Å². The second-order valence-electron chi connectivity index (χ2n) is 6.78. The lowest BCUT2D eigenvalue weighted by Gasteiger charge is -2.47. The zero-order valence-corrected chi connectivity index (χ0v) is 16.5. The minimum absolute atomic E-state index is 0.107. The van der Waals surface area contributed by atoms with Crippen LogP contribution in [-0.2, 0) is 4.79 Å². The van der Waals surface area contributed by atoms with Crippen LogP contribution in [0.25, 0.3) is 0 Å². The number of piperazine rings is 1. The monoisotopic (exact) mass is 442 g/mol. The molecule has 3 amide bonds. The van der Waals surface area contributed by atoms with E-state index in [1.54, 1.807) is 0 Å². The Hall–Kier alpha value is -3.01. The largest absolute Gasteiger partial charge is 0.417 e. The van der Waals surface area contributed by atoms with Crippen LogP contribution in [0.2, 0.25) is 5.02 Å². The van der Waals surface area contributed by atoms with Gasteiger partial charge in [-0.15, -0.1) is 0 Å². The zero-order valence-electron chi connectivity index (χ0n) is 15.7. The highest BCUT2D eigenvalue weighted by Gasteiger charge is 2.51. The van der Waals surface area contributed by atoms with E-state index in [9.17, 15) is 22.8 Å². The number of ether oxygens (including phenoxy) is 1. The SMILES string of the molecule is CC1([C@H](c2ccc(F)c(Cl)c2)c2cccc(OC(F)F)n2)C(=O)NCCN1C(N)=O. The molecule has 7 nitrogen and oxygen atoms in total. The quantitative estimate of drug-likeness (QED) is 0.744. The molecule has 2 aromatic rings. The fourth-order valence-electron chi connectivity index (χ4n) is 3.66. The first-order valence-electron chi connectivity index (χ1n) is 8.86. The first kappa shape index (κ1) is 21.7. The number of urea groups is 1. The lowest BCUT2D eigenvalue weighted by molar-refractivity contribution is -0.134. The normalized spacial score (nSPS) is 20.1. The summed E-state index contributed by atoms with van der Waals surface area (Å²) in [6.45, 7) is -1.36. The molecule has 1 saturated heterocycles. The maximum atomic E-state index is 13.8. The van der Waals surface area contributed by atoms with Gasteiger partial charge < -0.3 is 20.7 Å². The molecule has 1 fully saturated rings. The van der Waals surface area contributed by atoms with Crippen molar-refractivity contribution < 1.29 is 27.5 Å². The van der Waals surface area contributed by atoms with Crippen LogP contribution in [0.15, 0.2) is 36.4 Å². The number of carbonyl (C=O) groups excluding carboxylic acids is 2. The molecule has 1 aliphatic rings. The van der Waals surface area contributed by atoms with Gasteiger partial charge in [-0.25, -0.2) is 14.2 Å². The Morgan fingerprint density at radius 2 is 2.10 bits per heavy atom. The molecular weight excluding hydrogens is 425 g/mol. The number of amides is 3. The van der Waals surface area contributed by atoms with Crippen molar-refractivity contribution in [2.45, 2.75) is 25.0 Å². The van der Waals surface area contributed by atoms with E-state index in [0.717, 1.165) is 11.0 Å². The number of pyridine rings is 1. The zero-order chi connectivity index (χ0) is 22.1. The first-order chi connectivity index (χ1) is 14.1. The molecule has 3 N–H and O–H groups in total. The summed E-state index contributed by atoms with van der Waals surface area (Å²) in [6.07, 6.45) is 0. The number of hydrogen-bond donors (Lipinski definition) is 2. The number of nitrogens with zero attached hydrogens (tertiary/aromatic N) is 2. The third kappa shape index (κ3) is 4.00. The van der Waals surface area contributed by atoms with Crippen molar-refractivity contribution in [2.75, 3.05) is 13.1 Å². The summed E-state index contributed by atoms with van der Waals surface area (Å²) in [4.78, 5) is 30.4. The van der Waals surface area contributed by atoms with E-state index in [2.05, 4.69) is 15.0 Å². The van der Waals surface area contributed by atoms with Gasteiger partial charge in [-0.2, -0.15) is 8.78 Å². The molecule has 1 aromatic carbocycles. The predicted octanol–water partition coefficient (Wildman–Crippen LogP) is 2.88. The van der Waals surface area contributed by atoms with Crippen molar-refractivity contribution >= 4 is 23.5 Å². The van der Waals surface area contributed by atoms with Gasteiger partial charge in [-0.3, -0.25) is 4.79 Å². The average molecular weight is 443 g/mol. The van der Waals surface area contributed by atoms with Crippen molar-refractivity contribution in [3.05, 3.63) is 58.5 Å². The summed E-state index contributed by atoms with van der Waals surface area (Å²) in [5.41, 5.74) is 4.37. The van der Waals surface area contributed by atoms with E-state index >= 15 is 0 Å². The van der Waals surface area contributed by atoms with Crippen LogP contribution in [-0.4, -0.2) is 47.1 Å². The lowest BCUT2D eigenvalue weighted by Crippen LogP contribution is -2.68. The number of primary amides is 1. The van der Waals surface area contributed by atoms with E-state index in [1.807, 2.05) is 0 Å². The third-order valence-corrected chi connectivity index (χ3v) is 5.29. The minimum Gasteiger partial charge on any atom is -0.417 e. The summed E-state index contributed by atoms with van der Waals surface area (Å²) in [7, 11) is 0. The third-order valence-electron chi connectivity index (χ3n) is 5.00. The number of rotatable bonds is 5. The Morgan fingerprint density at radius 1 is 1.37 bits per heavy atom. The Labute approximate surface area is 175 Å². The molecule has 0 spiro atoms. The first-order valence-corrected chi connectivity index (χ1v) is 9.24. The summed E-state index contributed by atoms with van der Waals surface area (Å²) in [6, 6.07) is 7.02. The Morgan fingerprint density at radius 3 is 2.73 bits per heavy atom. The van der Waals surface area contributed by atoms with Crippen molar-refractivity contribution in [1.82, 2.24) is 15.2 Å². The smallest absolute Gasteiger partial charge is 0.388 e. The molecule has 3 rings (SSSR count). The highest BCUT2D eigenvalue weighted by atomic mass is 35.5. The molecule has 1 unspecified atom stereocenters. The van der Waals surface area contributed by atoms with Crippen LogP contribution >= 0.6 is 11.6 Å². The van der Waals surface area contributed by atoms with E-state index in [1.165, 1.54) is 37.3 Å². The number of nitrogens with one attached hydrogen (secondary N) is 1. The Bertz CT molecular complexity index is 978. The topological polar surface area (TPSA) is 97.6 Å². The van der Waals surface area contributed by atoms with E-state index in [0.29, 0.717) is 5.56 Å². The molecule has 0 radical (unpaired) electrons. The van der Waals surface area contributed by atoms with Crippen LogP contribution in [0.5, 0.6) is 5.88 Å². The highest BCUT2D eigenvalue weighted by molar-refractivity contribution is 6.30. The van der Waals surface area contributed by atoms with Gasteiger partial charge in [-0.1, -0.05) is 23.7 Å². The lowest BCUT2D eigenvalue weighted by atomic mass is 9.75. The van der Waals surface area contributed by atoms with Gasteiger partial charge in [-0.05, 0) is 30.7 Å². The van der Waals surface area contributed by atoms with E-state index in [-0.39, 0.29) is 29.7 Å². The minimum atomic E-state index is -3.11. The molecule has 11 heteroatoms. The van der Waals surface area contributed by atoms with Crippen molar-refractivity contribution in [3.8, 4) is 5.88 Å². The summed E-state index contributed by atoms with van der Waals surface area (Å²) in [5.74, 6) is -2.64. The maximum Gasteiger partial charge on any atom is 0.388 e. The molecule has 2 heterocycles. The molecule has 0 bridgehead atoms. The van der Waals surface area contributed by atoms with Crippen LogP contribution in [0.3, 0.4) is 0 Å². The van der Waals surface area contributed by atoms with Crippen LogP contribution < -0.4 is 15.8 Å². The molecule has 2 atom stereocenters. The fraction of sp³-hybridized carbons (Fsp3) is 0.316. The van der Waals surface area contributed by atoms with Gasteiger partial charge in [0.15, 0.2) is 0 Å². The van der Waals surface area contributed by atoms with Gasteiger partial charge >= 0.3 is 12.6 Å². The number of benzene rings is 1. The summed E-state index contributed by atoms with van der Waals surface area (Å²) >= 11 is 5.94. The van der Waals surface area contributed by atoms with Crippen LogP contribution in [0.1, 0.15) is 24.1 Å². The van der Waals surface area contributed by atoms with Crippen molar-refractivity contribution in [2.24, 2.45) is 5.73 Å². The Balaban J connectivity index is 2.23. The molecule has 1 aromatic heterocycles. The second-order valence-corrected chi connectivity index (χ2v) is 7.19. The highest BCUT2D eigenvalue weighted by Crippen LogP contribution is 2.41. The Kier molecular flexibility index (Phi) is 6.06. The predicted molar refractivity (Wildman–Crippen MR) is 102 cm³/mol. The standard InChI is InChI=1S/C19H18ClF3N4O3/c1-19(16(28)25-7-8-27(19)18(24)29)15(10-5-6-12(21)11(20)9-10)13-3-2-4-14(26-13)30-17(22)23/h2-6,9,15,17H,7-8H2,1H3,(H2,24,29)(H,25,28)/t15-,19?/m1/s1. The molecule has 0 saturated carbocycles. The number of hydrogen-bond acceptors (Lipinski definition) is 4. The second kappa shape index (κ2) is 8.39. The van der Waals surface area contributed by atoms with Gasteiger partial charge in [0.2, 0.25) is 11.8 Å². The van der Waals surface area contributed by atoms with Gasteiger partial charge in [0, 0.05) is 19.2 Å². The molecule has 160 valence electrons. The van der Waals surface area contributed by atoms with Crippen molar-refractivity contribution in [3.63, 3.8) is 0 Å². The van der Waals surface area contributed by atoms with Crippen LogP contribution in [0, 0.1) is 5.82 Å². The molecule has 1 aliphatic heterocycles. The van der Waals surface area contributed by atoms with E-state index in [4.69, 9.17) is 17.3 Å². The fourth-order valence-corrected chi connectivity index (χ4v) is 3.85. The number of halogens is 4. The number of carbonyl (C=O) groups is 2. The molecule has 0 aliphatic carbocycles.